The minimum atomic E-state index is -3.53. The van der Waals surface area contributed by atoms with E-state index in [1.54, 1.807) is 0 Å². The highest BCUT2D eigenvalue weighted by molar-refractivity contribution is 7.99. The van der Waals surface area contributed by atoms with Crippen LogP contribution < -0.4 is 15.6 Å². The Balaban J connectivity index is 2.54. The van der Waals surface area contributed by atoms with Gasteiger partial charge in [0.1, 0.15) is 16.9 Å². The van der Waals surface area contributed by atoms with Gasteiger partial charge in [0.05, 0.1) is 18.4 Å². The molecule has 0 saturated heterocycles. The number of rotatable bonds is 9. The number of nitrogen functional groups attached to an aromatic ring is 1. The second-order valence-corrected chi connectivity index (χ2v) is 9.25. The summed E-state index contributed by atoms with van der Waals surface area (Å²) in [5.41, 5.74) is 7.47. The number of aromatic nitrogens is 1. The average Bonchev–Trinajstić information content (AvgIpc) is 2.70. The van der Waals surface area contributed by atoms with E-state index >= 15 is 0 Å². The number of thioether (sulfide) groups is 1. The number of nitrogens with zero attached hydrogens (tertiary/aromatic N) is 3. The highest BCUT2D eigenvalue weighted by Gasteiger charge is 2.22. The van der Waals surface area contributed by atoms with Crippen molar-refractivity contribution in [2.75, 3.05) is 31.4 Å². The molecule has 0 spiro atoms. The lowest BCUT2D eigenvalue weighted by molar-refractivity contribution is 0.351. The van der Waals surface area contributed by atoms with Crippen LogP contribution in [0.2, 0.25) is 0 Å². The molecule has 1 aromatic carbocycles. The SMILES string of the molecule is CN=Cc1c(N)nc(SCCCCS(N)(=O)=O)c(C#N)c1-c1cc(O)c(O)c(OC)c1. The number of anilines is 1. The number of sulfonamides is 1. The van der Waals surface area contributed by atoms with E-state index in [-0.39, 0.29) is 22.9 Å². The highest BCUT2D eigenvalue weighted by atomic mass is 32.2. The van der Waals surface area contributed by atoms with Gasteiger partial charge >= 0.3 is 0 Å². The lowest BCUT2D eigenvalue weighted by Crippen LogP contribution is -2.16. The normalized spacial score (nSPS) is 11.5. The van der Waals surface area contributed by atoms with Crippen LogP contribution in [0.1, 0.15) is 24.0 Å². The first-order chi connectivity index (χ1) is 14.6. The Morgan fingerprint density at radius 2 is 2.06 bits per heavy atom. The van der Waals surface area contributed by atoms with Crippen molar-refractivity contribution in [1.82, 2.24) is 4.98 Å². The summed E-state index contributed by atoms with van der Waals surface area (Å²) >= 11 is 1.25. The molecule has 166 valence electrons. The highest BCUT2D eigenvalue weighted by Crippen LogP contribution is 2.43. The van der Waals surface area contributed by atoms with Gasteiger partial charge in [-0.05, 0) is 36.3 Å². The number of hydrogen-bond acceptors (Lipinski definition) is 10. The van der Waals surface area contributed by atoms with Crippen LogP contribution in [-0.2, 0) is 10.0 Å². The van der Waals surface area contributed by atoms with Crippen molar-refractivity contribution < 1.29 is 23.4 Å². The maximum absolute atomic E-state index is 11.1. The first-order valence-electron chi connectivity index (χ1n) is 9.02. The van der Waals surface area contributed by atoms with Gasteiger partial charge in [-0.2, -0.15) is 5.26 Å². The van der Waals surface area contributed by atoms with Crippen LogP contribution in [0.5, 0.6) is 17.2 Å². The van der Waals surface area contributed by atoms with Crippen LogP contribution in [0.3, 0.4) is 0 Å². The number of unbranched alkanes of at least 4 members (excludes halogenated alkanes) is 1. The molecule has 2 aromatic rings. The Hall–Kier alpha value is -3.01. The van der Waals surface area contributed by atoms with Crippen LogP contribution in [0, 0.1) is 11.3 Å². The number of aromatic hydroxyl groups is 2. The molecule has 12 heteroatoms. The van der Waals surface area contributed by atoms with E-state index in [2.05, 4.69) is 16.0 Å². The molecule has 6 N–H and O–H groups in total. The molecule has 0 aliphatic rings. The summed E-state index contributed by atoms with van der Waals surface area (Å²) in [7, 11) is -0.651. The molecular formula is C19H23N5O5S2. The number of pyridine rings is 1. The Kier molecular flexibility index (Phi) is 8.09. The van der Waals surface area contributed by atoms with Crippen LogP contribution in [0.25, 0.3) is 11.1 Å². The van der Waals surface area contributed by atoms with Crippen molar-refractivity contribution >= 4 is 33.8 Å². The number of benzene rings is 1. The number of primary sulfonamides is 1. The quantitative estimate of drug-likeness (QED) is 0.185. The third-order valence-corrected chi connectivity index (χ3v) is 6.15. The van der Waals surface area contributed by atoms with Gasteiger partial charge in [0.25, 0.3) is 0 Å². The third-order valence-electron chi connectivity index (χ3n) is 4.23. The van der Waals surface area contributed by atoms with Crippen molar-refractivity contribution in [3.05, 3.63) is 23.3 Å². The lowest BCUT2D eigenvalue weighted by Gasteiger charge is -2.16. The van der Waals surface area contributed by atoms with Crippen molar-refractivity contribution in [2.24, 2.45) is 10.1 Å². The van der Waals surface area contributed by atoms with E-state index in [4.69, 9.17) is 15.6 Å². The van der Waals surface area contributed by atoms with E-state index in [9.17, 15) is 23.9 Å². The number of phenols is 2. The summed E-state index contributed by atoms with van der Waals surface area (Å²) in [6.07, 6.45) is 2.37. The zero-order valence-corrected chi connectivity index (χ0v) is 18.6. The number of phenolic OH excluding ortho intramolecular Hbond substituents is 2. The summed E-state index contributed by atoms with van der Waals surface area (Å²) in [4.78, 5) is 8.30. The zero-order valence-electron chi connectivity index (χ0n) is 17.0. The Labute approximate surface area is 184 Å². The Morgan fingerprint density at radius 3 is 2.65 bits per heavy atom. The van der Waals surface area contributed by atoms with E-state index in [0.717, 1.165) is 0 Å². The minimum absolute atomic E-state index is 0.0193. The molecule has 0 atom stereocenters. The smallest absolute Gasteiger partial charge is 0.209 e. The van der Waals surface area contributed by atoms with Crippen LogP contribution in [-0.4, -0.2) is 55.5 Å². The van der Waals surface area contributed by atoms with E-state index < -0.39 is 21.5 Å². The molecule has 31 heavy (non-hydrogen) atoms. The molecule has 10 nitrogen and oxygen atoms in total. The second kappa shape index (κ2) is 10.3. The molecule has 0 saturated carbocycles. The first-order valence-corrected chi connectivity index (χ1v) is 11.7. The third kappa shape index (κ3) is 6.00. The topological polar surface area (TPSA) is 185 Å². The molecular weight excluding hydrogens is 442 g/mol. The molecule has 1 aromatic heterocycles. The van der Waals surface area contributed by atoms with Crippen molar-refractivity contribution in [2.45, 2.75) is 17.9 Å². The summed E-state index contributed by atoms with van der Waals surface area (Å²) in [6, 6.07) is 4.89. The van der Waals surface area contributed by atoms with Gasteiger partial charge in [-0.3, -0.25) is 4.99 Å². The van der Waals surface area contributed by atoms with Crippen LogP contribution >= 0.6 is 11.8 Å². The molecule has 0 radical (unpaired) electrons. The largest absolute Gasteiger partial charge is 0.504 e. The summed E-state index contributed by atoms with van der Waals surface area (Å²) in [5, 5.41) is 35.3. The number of methoxy groups -OCH3 is 1. The predicted molar refractivity (Wildman–Crippen MR) is 120 cm³/mol. The summed E-state index contributed by atoms with van der Waals surface area (Å²) in [5.74, 6) is -0.351. The van der Waals surface area contributed by atoms with Gasteiger partial charge in [0.2, 0.25) is 15.8 Å². The molecule has 0 aliphatic carbocycles. The van der Waals surface area contributed by atoms with Crippen LogP contribution in [0.4, 0.5) is 5.82 Å². The molecule has 1 heterocycles. The fraction of sp³-hybridized carbons (Fsp3) is 0.316. The molecule has 2 rings (SSSR count). The molecule has 0 unspecified atom stereocenters. The van der Waals surface area contributed by atoms with Crippen molar-refractivity contribution in [1.29, 1.82) is 5.26 Å². The maximum atomic E-state index is 11.1. The van der Waals surface area contributed by atoms with Gasteiger partial charge in [0.15, 0.2) is 11.5 Å². The second-order valence-electron chi connectivity index (χ2n) is 6.43. The summed E-state index contributed by atoms with van der Waals surface area (Å²) < 4.78 is 27.2. The maximum Gasteiger partial charge on any atom is 0.209 e. The number of aliphatic imine (C=N–C) groups is 1. The zero-order chi connectivity index (χ0) is 23.2. The number of hydrogen-bond donors (Lipinski definition) is 4. The molecule has 0 amide bonds. The monoisotopic (exact) mass is 465 g/mol. The lowest BCUT2D eigenvalue weighted by atomic mass is 9.96. The summed E-state index contributed by atoms with van der Waals surface area (Å²) in [6.45, 7) is 0. The fourth-order valence-electron chi connectivity index (χ4n) is 2.83. The van der Waals surface area contributed by atoms with Gasteiger partial charge in [0, 0.05) is 24.4 Å². The average molecular weight is 466 g/mol. The predicted octanol–water partition coefficient (Wildman–Crippen LogP) is 1.83. The van der Waals surface area contributed by atoms with Gasteiger partial charge in [-0.15, -0.1) is 11.8 Å². The first kappa shape index (κ1) is 24.3. The van der Waals surface area contributed by atoms with E-state index in [1.165, 1.54) is 44.3 Å². The van der Waals surface area contributed by atoms with E-state index in [1.807, 2.05) is 0 Å². The fourth-order valence-corrected chi connectivity index (χ4v) is 4.43. The van der Waals surface area contributed by atoms with Crippen molar-refractivity contribution in [3.8, 4) is 34.4 Å². The van der Waals surface area contributed by atoms with E-state index in [0.29, 0.717) is 40.3 Å². The molecule has 0 bridgehead atoms. The Morgan fingerprint density at radius 1 is 1.35 bits per heavy atom. The number of nitrogens with two attached hydrogens (primary N) is 2. The van der Waals surface area contributed by atoms with Gasteiger partial charge in [-0.1, -0.05) is 0 Å². The van der Waals surface area contributed by atoms with Gasteiger partial charge < -0.3 is 20.7 Å². The van der Waals surface area contributed by atoms with Crippen molar-refractivity contribution in [3.63, 3.8) is 0 Å². The molecule has 0 fully saturated rings. The number of ether oxygens (including phenoxy) is 1. The standard InChI is InChI=1S/C19H23N5O5S2/c1-23-10-13-16(11-7-14(25)17(26)15(8-11)29-2)12(9-20)19(24-18(13)21)30-5-3-4-6-31(22,27)28/h7-8,10,25-26H,3-6H2,1-2H3,(H2,21,24)(H2,22,27,28). The Bertz CT molecular complexity index is 1140. The number of nitriles is 1. The minimum Gasteiger partial charge on any atom is -0.504 e. The molecule has 0 aliphatic heterocycles. The van der Waals surface area contributed by atoms with Crippen LogP contribution in [0.15, 0.2) is 22.2 Å². The van der Waals surface area contributed by atoms with Gasteiger partial charge in [-0.25, -0.2) is 18.5 Å².